The van der Waals surface area contributed by atoms with Gasteiger partial charge in [0.25, 0.3) is 0 Å². The Kier molecular flexibility index (Phi) is 4.58. The summed E-state index contributed by atoms with van der Waals surface area (Å²) in [5.74, 6) is -0.0808. The maximum Gasteiger partial charge on any atom is 0.346 e. The Morgan fingerprint density at radius 1 is 1.52 bits per heavy atom. The van der Waals surface area contributed by atoms with Gasteiger partial charge in [-0.2, -0.15) is 4.98 Å². The summed E-state index contributed by atoms with van der Waals surface area (Å²) in [6.45, 7) is 0. The lowest BCUT2D eigenvalue weighted by Crippen LogP contribution is -2.28. The molecule has 1 aromatic heterocycles. The van der Waals surface area contributed by atoms with Gasteiger partial charge in [-0.3, -0.25) is 0 Å². The molecule has 0 amide bonds. The topological polar surface area (TPSA) is 101 Å². The Hall–Kier alpha value is -1.99. The van der Waals surface area contributed by atoms with Crippen molar-refractivity contribution in [3.63, 3.8) is 0 Å². The Morgan fingerprint density at radius 3 is 3.04 bits per heavy atom. The van der Waals surface area contributed by atoms with Crippen LogP contribution in [-0.4, -0.2) is 33.5 Å². The highest BCUT2D eigenvalue weighted by atomic mass is 19.1. The van der Waals surface area contributed by atoms with E-state index in [1.807, 2.05) is 18.2 Å². The van der Waals surface area contributed by atoms with E-state index in [-0.39, 0.29) is 11.4 Å². The summed E-state index contributed by atoms with van der Waals surface area (Å²) in [6, 6.07) is 0. The summed E-state index contributed by atoms with van der Waals surface area (Å²) in [6.07, 6.45) is 7.01. The molecule has 0 spiro atoms. The van der Waals surface area contributed by atoms with Crippen molar-refractivity contribution in [1.29, 1.82) is 0 Å². The molecule has 23 heavy (non-hydrogen) atoms. The second kappa shape index (κ2) is 6.64. The maximum atomic E-state index is 14.4. The molecule has 2 aliphatic rings. The summed E-state index contributed by atoms with van der Waals surface area (Å²) in [7, 11) is 0. The number of nitrogen functional groups attached to an aromatic ring is 1. The Bertz CT molecular complexity index is 685. The quantitative estimate of drug-likeness (QED) is 0.777. The fraction of sp³-hybridized carbons (Fsp3) is 0.438. The number of aromatic nitrogens is 2. The van der Waals surface area contributed by atoms with Gasteiger partial charge in [0.2, 0.25) is 0 Å². The number of nitrogens with zero attached hydrogens (tertiary/aromatic N) is 1. The third-order valence-electron chi connectivity index (χ3n) is 4.17. The van der Waals surface area contributed by atoms with E-state index in [1.165, 1.54) is 6.20 Å². The SMILES string of the molecule is Nc1nc(=O)[nH]cc1[C@H]1O[C@@H](CCC2=CC=CC[CH]2)[C@@H](O)[C@H]1F. The van der Waals surface area contributed by atoms with Crippen LogP contribution in [0.1, 0.15) is 30.9 Å². The van der Waals surface area contributed by atoms with Crippen molar-refractivity contribution in [1.82, 2.24) is 9.97 Å². The van der Waals surface area contributed by atoms with Crippen LogP contribution in [0.15, 0.2) is 34.8 Å². The van der Waals surface area contributed by atoms with Crippen LogP contribution < -0.4 is 11.4 Å². The van der Waals surface area contributed by atoms with Crippen molar-refractivity contribution >= 4 is 5.82 Å². The van der Waals surface area contributed by atoms with Crippen LogP contribution in [0.3, 0.4) is 0 Å². The van der Waals surface area contributed by atoms with Gasteiger partial charge >= 0.3 is 5.69 Å². The second-order valence-electron chi connectivity index (χ2n) is 5.72. The lowest BCUT2D eigenvalue weighted by molar-refractivity contribution is 0.00484. The number of rotatable bonds is 4. The van der Waals surface area contributed by atoms with Gasteiger partial charge < -0.3 is 20.6 Å². The number of halogens is 1. The Labute approximate surface area is 132 Å². The second-order valence-corrected chi connectivity index (χ2v) is 5.72. The summed E-state index contributed by atoms with van der Waals surface area (Å²) >= 11 is 0. The van der Waals surface area contributed by atoms with Gasteiger partial charge in [0.05, 0.1) is 6.10 Å². The van der Waals surface area contributed by atoms with Gasteiger partial charge in [0.15, 0.2) is 6.17 Å². The molecule has 123 valence electrons. The third kappa shape index (κ3) is 3.35. The summed E-state index contributed by atoms with van der Waals surface area (Å²) < 4.78 is 20.0. The minimum Gasteiger partial charge on any atom is -0.387 e. The molecule has 2 heterocycles. The number of hydrogen-bond acceptors (Lipinski definition) is 5. The van der Waals surface area contributed by atoms with Gasteiger partial charge in [-0.15, -0.1) is 0 Å². The lowest BCUT2D eigenvalue weighted by atomic mass is 9.96. The molecule has 1 aromatic rings. The van der Waals surface area contributed by atoms with Crippen LogP contribution in [0.25, 0.3) is 0 Å². The summed E-state index contributed by atoms with van der Waals surface area (Å²) in [5.41, 5.74) is 6.46. The van der Waals surface area contributed by atoms with Crippen LogP contribution >= 0.6 is 0 Å². The number of nitrogens with two attached hydrogens (primary N) is 1. The maximum absolute atomic E-state index is 14.4. The van der Waals surface area contributed by atoms with Crippen molar-refractivity contribution in [2.75, 3.05) is 5.73 Å². The van der Waals surface area contributed by atoms with E-state index in [4.69, 9.17) is 10.5 Å². The fourth-order valence-corrected chi connectivity index (χ4v) is 2.91. The van der Waals surface area contributed by atoms with E-state index in [2.05, 4.69) is 16.4 Å². The third-order valence-corrected chi connectivity index (χ3v) is 4.17. The van der Waals surface area contributed by atoms with Gasteiger partial charge in [-0.05, 0) is 25.7 Å². The Morgan fingerprint density at radius 2 is 2.35 bits per heavy atom. The molecular formula is C16H19FN3O3. The zero-order valence-corrected chi connectivity index (χ0v) is 12.5. The molecule has 1 saturated heterocycles. The molecule has 0 aromatic carbocycles. The average Bonchev–Trinajstić information content (AvgIpc) is 2.82. The number of ether oxygens (including phenoxy) is 1. The van der Waals surface area contributed by atoms with E-state index < -0.39 is 30.2 Å². The van der Waals surface area contributed by atoms with Crippen molar-refractivity contribution in [3.8, 4) is 0 Å². The largest absolute Gasteiger partial charge is 0.387 e. The molecule has 1 radical (unpaired) electrons. The van der Waals surface area contributed by atoms with Crippen LogP contribution in [0.2, 0.25) is 0 Å². The van der Waals surface area contributed by atoms with E-state index in [9.17, 15) is 14.3 Å². The molecular weight excluding hydrogens is 301 g/mol. The molecule has 3 rings (SSSR count). The van der Waals surface area contributed by atoms with E-state index >= 15 is 0 Å². The van der Waals surface area contributed by atoms with Gasteiger partial charge in [-0.25, -0.2) is 9.18 Å². The number of aromatic amines is 1. The van der Waals surface area contributed by atoms with Crippen molar-refractivity contribution < 1.29 is 14.2 Å². The van der Waals surface area contributed by atoms with E-state index in [1.54, 1.807) is 0 Å². The number of anilines is 1. The van der Waals surface area contributed by atoms with Crippen LogP contribution in [0.5, 0.6) is 0 Å². The molecule has 0 bridgehead atoms. The highest BCUT2D eigenvalue weighted by molar-refractivity contribution is 5.39. The van der Waals surface area contributed by atoms with Crippen molar-refractivity contribution in [3.05, 3.63) is 52.5 Å². The number of hydrogen-bond donors (Lipinski definition) is 3. The summed E-state index contributed by atoms with van der Waals surface area (Å²) in [4.78, 5) is 17.0. The smallest absolute Gasteiger partial charge is 0.346 e. The molecule has 6 nitrogen and oxygen atoms in total. The minimum absolute atomic E-state index is 0.0808. The molecule has 4 atom stereocenters. The standard InChI is InChI=1S/C16H19FN3O3/c17-12-13(21)11(7-6-9-4-2-1-3-5-9)23-14(12)10-8-19-16(22)20-15(10)18/h1-2,4-5,8,11-14,21H,3,6-7H2,(H3,18,19,20,22)/t11-,12+,13+,14+/m0/s1. The minimum atomic E-state index is -1.61. The van der Waals surface area contributed by atoms with E-state index in [0.717, 1.165) is 12.0 Å². The predicted octanol–water partition coefficient (Wildman–Crippen LogP) is 1.36. The first-order valence-electron chi connectivity index (χ1n) is 7.58. The predicted molar refractivity (Wildman–Crippen MR) is 83.2 cm³/mol. The van der Waals surface area contributed by atoms with Gasteiger partial charge in [-0.1, -0.05) is 23.8 Å². The first kappa shape index (κ1) is 15.9. The van der Waals surface area contributed by atoms with Gasteiger partial charge in [0, 0.05) is 11.8 Å². The highest BCUT2D eigenvalue weighted by Gasteiger charge is 2.45. The number of H-pyrrole nitrogens is 1. The molecule has 4 N–H and O–H groups in total. The first-order valence-corrected chi connectivity index (χ1v) is 7.58. The number of allylic oxidation sites excluding steroid dienone is 4. The van der Waals surface area contributed by atoms with Crippen molar-refractivity contribution in [2.45, 2.75) is 43.7 Å². The summed E-state index contributed by atoms with van der Waals surface area (Å²) in [5, 5.41) is 10.1. The number of nitrogens with one attached hydrogen (secondary N) is 1. The molecule has 1 fully saturated rings. The normalized spacial score (nSPS) is 30.4. The first-order chi connectivity index (χ1) is 11.1. The van der Waals surface area contributed by atoms with E-state index in [0.29, 0.717) is 12.8 Å². The molecule has 0 unspecified atom stereocenters. The number of alkyl halides is 1. The van der Waals surface area contributed by atoms with Crippen LogP contribution in [-0.2, 0) is 4.74 Å². The molecule has 1 aliphatic heterocycles. The molecule has 1 aliphatic carbocycles. The average molecular weight is 320 g/mol. The highest BCUT2D eigenvalue weighted by Crippen LogP contribution is 2.39. The molecule has 0 saturated carbocycles. The number of aliphatic hydroxyl groups is 1. The lowest BCUT2D eigenvalue weighted by Gasteiger charge is -2.16. The molecule has 7 heteroatoms. The zero-order chi connectivity index (χ0) is 16.4. The van der Waals surface area contributed by atoms with Crippen LogP contribution in [0.4, 0.5) is 10.2 Å². The van der Waals surface area contributed by atoms with Gasteiger partial charge in [0.1, 0.15) is 18.0 Å². The monoisotopic (exact) mass is 320 g/mol. The fourth-order valence-electron chi connectivity index (χ4n) is 2.91. The number of aliphatic hydroxyl groups excluding tert-OH is 1. The van der Waals surface area contributed by atoms with Crippen LogP contribution in [0, 0.1) is 6.42 Å². The Balaban J connectivity index is 1.69. The van der Waals surface area contributed by atoms with Crippen molar-refractivity contribution in [2.24, 2.45) is 0 Å². The zero-order valence-electron chi connectivity index (χ0n) is 12.5.